The Hall–Kier alpha value is -2.38. The molecule has 0 saturated carbocycles. The van der Waals surface area contributed by atoms with Crippen molar-refractivity contribution in [3.63, 3.8) is 0 Å². The zero-order chi connectivity index (χ0) is 21.8. The van der Waals surface area contributed by atoms with Gasteiger partial charge in [-0.05, 0) is 36.8 Å². The van der Waals surface area contributed by atoms with E-state index >= 15 is 0 Å². The summed E-state index contributed by atoms with van der Waals surface area (Å²) in [5.41, 5.74) is 1.80. The Morgan fingerprint density at radius 3 is 2.39 bits per heavy atom. The molecule has 0 unspecified atom stereocenters. The number of hydrogen-bond acceptors (Lipinski definition) is 6. The zero-order valence-corrected chi connectivity index (χ0v) is 18.4. The molecule has 6 nitrogen and oxygen atoms in total. The van der Waals surface area contributed by atoms with Crippen LogP contribution in [0.3, 0.4) is 0 Å². The largest absolute Gasteiger partial charge is 0.492 e. The number of aliphatic hydroxyl groups is 1. The Kier molecular flexibility index (Phi) is 6.92. The normalized spacial score (nSPS) is 15.5. The van der Waals surface area contributed by atoms with Crippen LogP contribution in [0.4, 0.5) is 0 Å². The van der Waals surface area contributed by atoms with E-state index in [0.717, 1.165) is 44.8 Å². The van der Waals surface area contributed by atoms with Crippen LogP contribution in [-0.4, -0.2) is 67.4 Å². The lowest BCUT2D eigenvalue weighted by Crippen LogP contribution is -2.48. The molecule has 0 amide bonds. The first-order valence-electron chi connectivity index (χ1n) is 10.6. The van der Waals surface area contributed by atoms with Gasteiger partial charge in [0.2, 0.25) is 5.43 Å². The number of nitrogens with zero attached hydrogens (tertiary/aromatic N) is 2. The van der Waals surface area contributed by atoms with Gasteiger partial charge in [-0.15, -0.1) is 0 Å². The minimum atomic E-state index is -0.0617. The fourth-order valence-corrected chi connectivity index (χ4v) is 4.12. The third kappa shape index (κ3) is 5.10. The van der Waals surface area contributed by atoms with Gasteiger partial charge in [-0.25, -0.2) is 0 Å². The second kappa shape index (κ2) is 9.83. The van der Waals surface area contributed by atoms with Crippen molar-refractivity contribution in [3.8, 4) is 16.9 Å². The molecule has 31 heavy (non-hydrogen) atoms. The Labute approximate surface area is 186 Å². The topological polar surface area (TPSA) is 66.2 Å². The van der Waals surface area contributed by atoms with Gasteiger partial charge in [0.25, 0.3) is 0 Å². The first-order valence-corrected chi connectivity index (χ1v) is 10.9. The lowest BCUT2D eigenvalue weighted by atomic mass is 10.0. The molecule has 4 rings (SSSR count). The number of rotatable bonds is 7. The van der Waals surface area contributed by atoms with E-state index in [9.17, 15) is 4.79 Å². The van der Waals surface area contributed by atoms with Crippen LogP contribution in [0.5, 0.6) is 5.75 Å². The molecule has 1 aliphatic heterocycles. The highest BCUT2D eigenvalue weighted by Crippen LogP contribution is 2.27. The summed E-state index contributed by atoms with van der Waals surface area (Å²) < 4.78 is 11.9. The molecule has 3 aromatic rings. The highest BCUT2D eigenvalue weighted by atomic mass is 35.5. The van der Waals surface area contributed by atoms with Crippen molar-refractivity contribution in [1.82, 2.24) is 9.80 Å². The number of ether oxygens (including phenoxy) is 1. The van der Waals surface area contributed by atoms with Crippen LogP contribution in [0.2, 0.25) is 5.02 Å². The lowest BCUT2D eigenvalue weighted by molar-refractivity contribution is 0.102. The number of benzene rings is 2. The molecule has 0 bridgehead atoms. The Balaban J connectivity index is 1.43. The molecule has 164 valence electrons. The maximum atomic E-state index is 13.1. The third-order valence-corrected chi connectivity index (χ3v) is 5.98. The minimum Gasteiger partial charge on any atom is -0.492 e. The van der Waals surface area contributed by atoms with E-state index in [1.165, 1.54) is 0 Å². The van der Waals surface area contributed by atoms with E-state index in [1.807, 2.05) is 18.2 Å². The maximum absolute atomic E-state index is 13.1. The van der Waals surface area contributed by atoms with E-state index in [1.54, 1.807) is 31.2 Å². The first kappa shape index (κ1) is 21.8. The van der Waals surface area contributed by atoms with Gasteiger partial charge in [0, 0.05) is 50.4 Å². The molecule has 2 aromatic carbocycles. The lowest BCUT2D eigenvalue weighted by Gasteiger charge is -2.34. The molecule has 0 spiro atoms. The highest BCUT2D eigenvalue weighted by Gasteiger charge is 2.17. The number of aryl methyl sites for hydroxylation is 1. The summed E-state index contributed by atoms with van der Waals surface area (Å²) in [5.74, 6) is 1.26. The van der Waals surface area contributed by atoms with Gasteiger partial charge >= 0.3 is 0 Å². The fraction of sp³-hybridized carbons (Fsp3) is 0.375. The predicted octanol–water partition coefficient (Wildman–Crippen LogP) is 3.41. The van der Waals surface area contributed by atoms with E-state index < -0.39 is 0 Å². The zero-order valence-electron chi connectivity index (χ0n) is 17.6. The monoisotopic (exact) mass is 442 g/mol. The van der Waals surface area contributed by atoms with Crippen LogP contribution in [0.25, 0.3) is 22.1 Å². The number of hydrogen-bond donors (Lipinski definition) is 1. The Bertz CT molecular complexity index is 1090. The molecule has 7 heteroatoms. The summed E-state index contributed by atoms with van der Waals surface area (Å²) in [5, 5.41) is 10.2. The van der Waals surface area contributed by atoms with Crippen molar-refractivity contribution in [2.24, 2.45) is 0 Å². The second-order valence-electron chi connectivity index (χ2n) is 7.78. The molecule has 0 aliphatic carbocycles. The molecule has 0 atom stereocenters. The van der Waals surface area contributed by atoms with Crippen molar-refractivity contribution >= 4 is 22.6 Å². The van der Waals surface area contributed by atoms with Gasteiger partial charge in [0.1, 0.15) is 23.7 Å². The maximum Gasteiger partial charge on any atom is 0.200 e. The SMILES string of the molecule is Cc1oc2cc(OCCN3CCN(CCO)CC3)ccc2c(=O)c1-c1ccc(Cl)cc1. The average Bonchev–Trinajstić information content (AvgIpc) is 2.76. The van der Waals surface area contributed by atoms with Gasteiger partial charge < -0.3 is 14.3 Å². The van der Waals surface area contributed by atoms with Crippen LogP contribution in [0, 0.1) is 6.92 Å². The smallest absolute Gasteiger partial charge is 0.200 e. The van der Waals surface area contributed by atoms with Crippen LogP contribution < -0.4 is 10.2 Å². The standard InChI is InChI=1S/C24H27ClN2O4/c1-17-23(18-2-4-19(25)5-3-18)24(29)21-7-6-20(16-22(21)31-17)30-15-13-27-10-8-26(9-11-27)12-14-28/h2-7,16,28H,8-15H2,1H3. The molecule has 1 fully saturated rings. The van der Waals surface area contributed by atoms with Crippen molar-refractivity contribution in [1.29, 1.82) is 0 Å². The van der Waals surface area contributed by atoms with E-state index in [2.05, 4.69) is 9.80 Å². The second-order valence-corrected chi connectivity index (χ2v) is 8.22. The van der Waals surface area contributed by atoms with Gasteiger partial charge in [-0.2, -0.15) is 0 Å². The van der Waals surface area contributed by atoms with Crippen LogP contribution >= 0.6 is 11.6 Å². The summed E-state index contributed by atoms with van der Waals surface area (Å²) in [6.07, 6.45) is 0. The predicted molar refractivity (Wildman–Crippen MR) is 123 cm³/mol. The summed E-state index contributed by atoms with van der Waals surface area (Å²) in [4.78, 5) is 17.7. The first-order chi connectivity index (χ1) is 15.0. The quantitative estimate of drug-likeness (QED) is 0.605. The van der Waals surface area contributed by atoms with Crippen LogP contribution in [-0.2, 0) is 0 Å². The minimum absolute atomic E-state index is 0.0617. The molecule has 0 radical (unpaired) electrons. The Morgan fingerprint density at radius 2 is 1.71 bits per heavy atom. The van der Waals surface area contributed by atoms with Gasteiger partial charge in [-0.3, -0.25) is 14.6 Å². The van der Waals surface area contributed by atoms with Gasteiger partial charge in [0.15, 0.2) is 0 Å². The van der Waals surface area contributed by atoms with Crippen LogP contribution in [0.15, 0.2) is 51.7 Å². The molecule has 1 aromatic heterocycles. The van der Waals surface area contributed by atoms with Gasteiger partial charge in [0.05, 0.1) is 17.6 Å². The van der Waals surface area contributed by atoms with E-state index in [0.29, 0.717) is 39.7 Å². The molecule has 2 heterocycles. The third-order valence-electron chi connectivity index (χ3n) is 5.73. The van der Waals surface area contributed by atoms with Crippen LogP contribution in [0.1, 0.15) is 5.76 Å². The summed E-state index contributed by atoms with van der Waals surface area (Å²) in [6, 6.07) is 12.6. The molecular weight excluding hydrogens is 416 g/mol. The number of aliphatic hydroxyl groups excluding tert-OH is 1. The van der Waals surface area contributed by atoms with Crippen molar-refractivity contribution < 1.29 is 14.3 Å². The van der Waals surface area contributed by atoms with E-state index in [4.69, 9.17) is 25.9 Å². The number of halogens is 1. The number of β-amino-alcohol motifs (C(OH)–C–C–N with tert-alkyl or cyclic N) is 1. The van der Waals surface area contributed by atoms with Gasteiger partial charge in [-0.1, -0.05) is 23.7 Å². The van der Waals surface area contributed by atoms with Crippen molar-refractivity contribution in [3.05, 3.63) is 63.5 Å². The highest BCUT2D eigenvalue weighted by molar-refractivity contribution is 6.30. The number of fused-ring (bicyclic) bond motifs is 1. The number of piperazine rings is 1. The summed E-state index contributed by atoms with van der Waals surface area (Å²) in [7, 11) is 0. The molecule has 1 N–H and O–H groups in total. The fourth-order valence-electron chi connectivity index (χ4n) is 4.00. The molecule has 1 saturated heterocycles. The molecule has 1 aliphatic rings. The van der Waals surface area contributed by atoms with Crippen molar-refractivity contribution in [2.75, 3.05) is 52.5 Å². The van der Waals surface area contributed by atoms with Crippen molar-refractivity contribution in [2.45, 2.75) is 6.92 Å². The average molecular weight is 443 g/mol. The molecular formula is C24H27ClN2O4. The van der Waals surface area contributed by atoms with E-state index in [-0.39, 0.29) is 12.0 Å². The Morgan fingerprint density at radius 1 is 1.03 bits per heavy atom. The summed E-state index contributed by atoms with van der Waals surface area (Å²) >= 11 is 5.97. The summed E-state index contributed by atoms with van der Waals surface area (Å²) in [6.45, 7) is 8.04.